The molecule has 1 N–H and O–H groups in total. The number of nitrogens with zero attached hydrogens (tertiary/aromatic N) is 1. The Hall–Kier alpha value is -2.79. The van der Waals surface area contributed by atoms with Crippen molar-refractivity contribution in [1.29, 1.82) is 0 Å². The number of carbonyl (C=O) groups excluding carboxylic acids is 1. The molecule has 3 aromatic rings. The minimum absolute atomic E-state index is 0.0605. The zero-order valence-corrected chi connectivity index (χ0v) is 17.0. The third-order valence-corrected chi connectivity index (χ3v) is 5.48. The molecule has 1 aliphatic carbocycles. The molecule has 156 valence electrons. The van der Waals surface area contributed by atoms with Gasteiger partial charge in [-0.2, -0.15) is 0 Å². The van der Waals surface area contributed by atoms with Gasteiger partial charge < -0.3 is 10.1 Å². The molecule has 1 aliphatic heterocycles. The Morgan fingerprint density at radius 2 is 1.90 bits per heavy atom. The molecule has 5 rings (SSSR count). The molecular formula is C25H27FN2O2. The summed E-state index contributed by atoms with van der Waals surface area (Å²) in [4.78, 5) is 14.7. The summed E-state index contributed by atoms with van der Waals surface area (Å²) in [7, 11) is 0. The van der Waals surface area contributed by atoms with Crippen LogP contribution in [0, 0.1) is 11.7 Å². The maximum Gasteiger partial charge on any atom is 0.220 e. The van der Waals surface area contributed by atoms with Crippen molar-refractivity contribution in [2.45, 2.75) is 38.2 Å². The first-order valence-electron chi connectivity index (χ1n) is 10.7. The van der Waals surface area contributed by atoms with E-state index in [1.54, 1.807) is 0 Å². The molecule has 5 heteroatoms. The second-order valence-corrected chi connectivity index (χ2v) is 7.97. The molecular weight excluding hydrogens is 379 g/mol. The van der Waals surface area contributed by atoms with E-state index in [1.807, 2.05) is 24.4 Å². The minimum Gasteiger partial charge on any atom is -0.373 e. The Kier molecular flexibility index (Phi) is 6.70. The van der Waals surface area contributed by atoms with Gasteiger partial charge in [-0.25, -0.2) is 4.39 Å². The van der Waals surface area contributed by atoms with Crippen LogP contribution in [0.4, 0.5) is 4.39 Å². The van der Waals surface area contributed by atoms with E-state index in [-0.39, 0.29) is 17.8 Å². The topological polar surface area (TPSA) is 51.2 Å². The van der Waals surface area contributed by atoms with Crippen molar-refractivity contribution >= 4 is 16.8 Å². The molecule has 2 heterocycles. The fraction of sp³-hybridized carbons (Fsp3) is 0.360. The highest BCUT2D eigenvalue weighted by atomic mass is 19.1. The summed E-state index contributed by atoms with van der Waals surface area (Å²) >= 11 is 0. The Labute approximate surface area is 176 Å². The molecule has 1 atom stereocenters. The third kappa shape index (κ3) is 5.63. The number of para-hydroxylation sites is 1. The number of halogens is 1. The minimum atomic E-state index is -0.207. The van der Waals surface area contributed by atoms with Gasteiger partial charge in [0.1, 0.15) is 5.82 Å². The fourth-order valence-electron chi connectivity index (χ4n) is 3.58. The van der Waals surface area contributed by atoms with E-state index in [2.05, 4.69) is 34.6 Å². The maximum atomic E-state index is 13.2. The quantitative estimate of drug-likeness (QED) is 0.628. The average molecular weight is 407 g/mol. The summed E-state index contributed by atoms with van der Waals surface area (Å²) in [6.07, 6.45) is 6.77. The van der Waals surface area contributed by atoms with Crippen LogP contribution >= 0.6 is 0 Å². The molecule has 4 nitrogen and oxygen atoms in total. The van der Waals surface area contributed by atoms with E-state index < -0.39 is 0 Å². The number of benzene rings is 2. The number of hydrogen-bond donors (Lipinski definition) is 1. The molecule has 1 unspecified atom stereocenters. The number of aromatic nitrogens is 1. The summed E-state index contributed by atoms with van der Waals surface area (Å²) in [5, 5.41) is 3.80. The van der Waals surface area contributed by atoms with E-state index in [4.69, 9.17) is 4.74 Å². The normalized spacial score (nSPS) is 16.6. The second kappa shape index (κ2) is 9.81. The van der Waals surface area contributed by atoms with E-state index >= 15 is 0 Å². The summed E-state index contributed by atoms with van der Waals surface area (Å²) < 4.78 is 19.4. The summed E-state index contributed by atoms with van der Waals surface area (Å²) in [6.45, 7) is 1.67. The number of fused-ring (bicyclic) bond motifs is 1. The van der Waals surface area contributed by atoms with Gasteiger partial charge in [-0.3, -0.25) is 9.78 Å². The Morgan fingerprint density at radius 3 is 2.57 bits per heavy atom. The zero-order valence-electron chi connectivity index (χ0n) is 17.0. The molecule has 2 aromatic carbocycles. The van der Waals surface area contributed by atoms with Crippen LogP contribution in [0.1, 0.15) is 42.9 Å². The Bertz CT molecular complexity index is 973. The molecule has 2 aliphatic rings. The molecule has 1 aromatic heterocycles. The maximum absolute atomic E-state index is 13.2. The first-order chi connectivity index (χ1) is 14.7. The lowest BCUT2D eigenvalue weighted by molar-refractivity contribution is -0.119. The van der Waals surface area contributed by atoms with Crippen LogP contribution in [0.3, 0.4) is 0 Å². The van der Waals surface area contributed by atoms with E-state index in [1.165, 1.54) is 25.0 Å². The predicted molar refractivity (Wildman–Crippen MR) is 116 cm³/mol. The summed E-state index contributed by atoms with van der Waals surface area (Å²) in [6, 6.07) is 16.9. The monoisotopic (exact) mass is 406 g/mol. The smallest absolute Gasteiger partial charge is 0.220 e. The van der Waals surface area contributed by atoms with Gasteiger partial charge in [-0.15, -0.1) is 0 Å². The number of amides is 1. The fourth-order valence-corrected chi connectivity index (χ4v) is 3.58. The molecule has 0 radical (unpaired) electrons. The van der Waals surface area contributed by atoms with Gasteiger partial charge in [-0.1, -0.05) is 36.4 Å². The van der Waals surface area contributed by atoms with Gasteiger partial charge in [0.25, 0.3) is 0 Å². The van der Waals surface area contributed by atoms with Crippen LogP contribution in [-0.4, -0.2) is 24.0 Å². The molecule has 30 heavy (non-hydrogen) atoms. The zero-order chi connectivity index (χ0) is 20.8. The van der Waals surface area contributed by atoms with Gasteiger partial charge >= 0.3 is 0 Å². The highest BCUT2D eigenvalue weighted by molar-refractivity contribution is 5.82. The van der Waals surface area contributed by atoms with Crippen molar-refractivity contribution < 1.29 is 13.9 Å². The first kappa shape index (κ1) is 20.5. The number of carbonyl (C=O) groups is 1. The summed E-state index contributed by atoms with van der Waals surface area (Å²) in [5.41, 5.74) is 3.17. The predicted octanol–water partition coefficient (Wildman–Crippen LogP) is 4.98. The van der Waals surface area contributed by atoms with Gasteiger partial charge in [0.05, 0.1) is 18.2 Å². The van der Waals surface area contributed by atoms with E-state index in [9.17, 15) is 9.18 Å². The average Bonchev–Trinajstić information content (AvgIpc) is 3.49. The second-order valence-electron chi connectivity index (χ2n) is 7.97. The molecule has 0 spiro atoms. The molecule has 1 saturated heterocycles. The van der Waals surface area contributed by atoms with Gasteiger partial charge in [-0.05, 0) is 48.9 Å². The van der Waals surface area contributed by atoms with E-state index in [0.717, 1.165) is 54.4 Å². The lowest BCUT2D eigenvalue weighted by Gasteiger charge is -2.20. The van der Waals surface area contributed by atoms with Crippen LogP contribution in [0.5, 0.6) is 0 Å². The molecule has 1 amide bonds. The number of hydrogen-bond acceptors (Lipinski definition) is 3. The highest BCUT2D eigenvalue weighted by Gasteiger charge is 2.25. The third-order valence-electron chi connectivity index (χ3n) is 5.48. The highest BCUT2D eigenvalue weighted by Crippen LogP contribution is 2.33. The molecule has 0 bridgehead atoms. The van der Waals surface area contributed by atoms with Gasteiger partial charge in [0, 0.05) is 36.5 Å². The van der Waals surface area contributed by atoms with Crippen LogP contribution in [0.2, 0.25) is 0 Å². The van der Waals surface area contributed by atoms with Crippen molar-refractivity contribution in [3.05, 3.63) is 77.7 Å². The van der Waals surface area contributed by atoms with Crippen molar-refractivity contribution in [2.75, 3.05) is 13.2 Å². The van der Waals surface area contributed by atoms with Crippen LogP contribution in [0.25, 0.3) is 10.9 Å². The lowest BCUT2D eigenvalue weighted by atomic mass is 9.98. The molecule has 1 saturated carbocycles. The number of nitrogens with one attached hydrogen (secondary N) is 1. The lowest BCUT2D eigenvalue weighted by Crippen LogP contribution is -2.12. The number of pyridine rings is 1. The van der Waals surface area contributed by atoms with Crippen molar-refractivity contribution in [1.82, 2.24) is 10.3 Å². The van der Waals surface area contributed by atoms with Crippen LogP contribution in [0.15, 0.2) is 60.8 Å². The number of rotatable bonds is 6. The van der Waals surface area contributed by atoms with Crippen molar-refractivity contribution in [3.63, 3.8) is 0 Å². The van der Waals surface area contributed by atoms with Crippen molar-refractivity contribution in [3.8, 4) is 0 Å². The van der Waals surface area contributed by atoms with Crippen LogP contribution < -0.4 is 5.32 Å². The largest absolute Gasteiger partial charge is 0.373 e. The SMILES string of the molecule is Fc1ccc(CC(OCC2CC2)c2cccc3cccnc23)cc1.O=C1CCCN1. The standard InChI is InChI=1S/C21H20FNO.C4H7NO/c22-18-10-8-15(9-11-18)13-20(24-14-16-6-7-16)19-5-1-3-17-4-2-12-23-21(17)19;6-4-2-1-3-5-4/h1-5,8-12,16,20H,6-7,13-14H2;1-3H2,(H,5,6). The van der Waals surface area contributed by atoms with E-state index in [0.29, 0.717) is 5.92 Å². The van der Waals surface area contributed by atoms with Gasteiger partial charge in [0.2, 0.25) is 5.91 Å². The number of ether oxygens (including phenoxy) is 1. The summed E-state index contributed by atoms with van der Waals surface area (Å²) in [5.74, 6) is 0.694. The van der Waals surface area contributed by atoms with Crippen molar-refractivity contribution in [2.24, 2.45) is 5.92 Å². The van der Waals surface area contributed by atoms with Crippen LogP contribution in [-0.2, 0) is 16.0 Å². The first-order valence-corrected chi connectivity index (χ1v) is 10.7. The van der Waals surface area contributed by atoms with Gasteiger partial charge in [0.15, 0.2) is 0 Å². The molecule has 2 fully saturated rings. The Morgan fingerprint density at radius 1 is 1.10 bits per heavy atom. The Balaban J connectivity index is 0.000000313.